The molecule has 0 heterocycles. The number of aliphatic hydroxyl groups excluding tert-OH is 1. The van der Waals surface area contributed by atoms with Crippen LogP contribution in [-0.2, 0) is 4.79 Å². The molecule has 0 aliphatic carbocycles. The number of aryl methyl sites for hydroxylation is 1. The molecule has 0 radical (unpaired) electrons. The van der Waals surface area contributed by atoms with Crippen LogP contribution in [-0.4, -0.2) is 11.0 Å². The van der Waals surface area contributed by atoms with Crippen molar-refractivity contribution in [2.45, 2.75) is 19.4 Å². The van der Waals surface area contributed by atoms with Gasteiger partial charge in [-0.1, -0.05) is 12.1 Å². The van der Waals surface area contributed by atoms with Crippen molar-refractivity contribution in [1.29, 1.82) is 0 Å². The molecule has 0 saturated heterocycles. The molecular formula is C16H15F2NO2. The maximum absolute atomic E-state index is 13.1. The Hall–Kier alpha value is -2.27. The van der Waals surface area contributed by atoms with Crippen LogP contribution in [0.4, 0.5) is 14.5 Å². The molecular weight excluding hydrogens is 276 g/mol. The molecule has 0 saturated carbocycles. The zero-order chi connectivity index (χ0) is 15.4. The first-order valence-corrected chi connectivity index (χ1v) is 6.45. The van der Waals surface area contributed by atoms with E-state index < -0.39 is 17.8 Å². The molecule has 0 bridgehead atoms. The van der Waals surface area contributed by atoms with E-state index in [0.717, 1.165) is 0 Å². The molecule has 0 aliphatic rings. The first-order valence-electron chi connectivity index (χ1n) is 6.45. The molecule has 1 unspecified atom stereocenters. The molecule has 0 spiro atoms. The summed E-state index contributed by atoms with van der Waals surface area (Å²) in [5.41, 5.74) is 1.20. The van der Waals surface area contributed by atoms with Crippen LogP contribution in [0.5, 0.6) is 0 Å². The van der Waals surface area contributed by atoms with Crippen LogP contribution in [0.15, 0.2) is 42.5 Å². The van der Waals surface area contributed by atoms with Gasteiger partial charge in [0.15, 0.2) is 0 Å². The van der Waals surface area contributed by atoms with E-state index in [4.69, 9.17) is 0 Å². The lowest BCUT2D eigenvalue weighted by Gasteiger charge is -2.12. The van der Waals surface area contributed by atoms with Gasteiger partial charge in [-0.2, -0.15) is 0 Å². The molecule has 110 valence electrons. The van der Waals surface area contributed by atoms with Crippen molar-refractivity contribution in [2.75, 3.05) is 5.32 Å². The maximum Gasteiger partial charge on any atom is 0.227 e. The highest BCUT2D eigenvalue weighted by Gasteiger charge is 2.14. The minimum absolute atomic E-state index is 0.208. The Morgan fingerprint density at radius 2 is 2.00 bits per heavy atom. The van der Waals surface area contributed by atoms with E-state index in [2.05, 4.69) is 5.32 Å². The standard InChI is InChI=1S/C16H15F2NO2/c1-10-7-13(5-6-14(10)18)19-16(21)9-15(20)11-3-2-4-12(17)8-11/h2-8,15,20H,9H2,1H3,(H,19,21). The van der Waals surface area contributed by atoms with Gasteiger partial charge in [0.25, 0.3) is 0 Å². The third-order valence-corrected chi connectivity index (χ3v) is 3.05. The molecule has 2 aromatic carbocycles. The van der Waals surface area contributed by atoms with E-state index >= 15 is 0 Å². The van der Waals surface area contributed by atoms with Crippen molar-refractivity contribution < 1.29 is 18.7 Å². The number of anilines is 1. The Bertz CT molecular complexity index is 658. The molecule has 0 fully saturated rings. The fourth-order valence-corrected chi connectivity index (χ4v) is 1.94. The van der Waals surface area contributed by atoms with Crippen LogP contribution in [0.1, 0.15) is 23.7 Å². The van der Waals surface area contributed by atoms with Crippen molar-refractivity contribution in [1.82, 2.24) is 0 Å². The normalized spacial score (nSPS) is 12.0. The molecule has 0 aromatic heterocycles. The summed E-state index contributed by atoms with van der Waals surface area (Å²) in [6.07, 6.45) is -1.30. The van der Waals surface area contributed by atoms with Gasteiger partial charge >= 0.3 is 0 Å². The van der Waals surface area contributed by atoms with Gasteiger partial charge in [0.2, 0.25) is 5.91 Å². The topological polar surface area (TPSA) is 49.3 Å². The zero-order valence-electron chi connectivity index (χ0n) is 11.4. The van der Waals surface area contributed by atoms with E-state index in [1.165, 1.54) is 36.4 Å². The second-order valence-electron chi connectivity index (χ2n) is 4.79. The van der Waals surface area contributed by atoms with Crippen LogP contribution in [0.3, 0.4) is 0 Å². The number of carbonyl (C=O) groups excluding carboxylic acids is 1. The fourth-order valence-electron chi connectivity index (χ4n) is 1.94. The number of hydrogen-bond acceptors (Lipinski definition) is 2. The molecule has 2 rings (SSSR count). The van der Waals surface area contributed by atoms with E-state index in [1.54, 1.807) is 13.0 Å². The third-order valence-electron chi connectivity index (χ3n) is 3.05. The monoisotopic (exact) mass is 291 g/mol. The lowest BCUT2D eigenvalue weighted by molar-refractivity contribution is -0.118. The van der Waals surface area contributed by atoms with Crippen molar-refractivity contribution >= 4 is 11.6 Å². The number of halogens is 2. The van der Waals surface area contributed by atoms with Crippen molar-refractivity contribution in [3.63, 3.8) is 0 Å². The number of rotatable bonds is 4. The number of benzene rings is 2. The average Bonchev–Trinajstić information content (AvgIpc) is 2.43. The number of hydrogen-bond donors (Lipinski definition) is 2. The number of aliphatic hydroxyl groups is 1. The maximum atomic E-state index is 13.1. The zero-order valence-corrected chi connectivity index (χ0v) is 11.4. The van der Waals surface area contributed by atoms with Gasteiger partial charge in [0, 0.05) is 5.69 Å². The van der Waals surface area contributed by atoms with Crippen LogP contribution in [0, 0.1) is 18.6 Å². The summed E-state index contributed by atoms with van der Waals surface area (Å²) in [4.78, 5) is 11.8. The number of nitrogens with one attached hydrogen (secondary N) is 1. The molecule has 0 aliphatic heterocycles. The number of amides is 1. The van der Waals surface area contributed by atoms with Gasteiger partial charge < -0.3 is 10.4 Å². The van der Waals surface area contributed by atoms with Gasteiger partial charge in [-0.25, -0.2) is 8.78 Å². The van der Waals surface area contributed by atoms with Gasteiger partial charge in [-0.05, 0) is 48.4 Å². The SMILES string of the molecule is Cc1cc(NC(=O)CC(O)c2cccc(F)c2)ccc1F. The predicted molar refractivity (Wildman–Crippen MR) is 75.7 cm³/mol. The van der Waals surface area contributed by atoms with Crippen LogP contribution < -0.4 is 5.32 Å². The number of carbonyl (C=O) groups is 1. The Morgan fingerprint density at radius 3 is 2.67 bits per heavy atom. The third kappa shape index (κ3) is 4.10. The van der Waals surface area contributed by atoms with E-state index in [9.17, 15) is 18.7 Å². The van der Waals surface area contributed by atoms with Crippen LogP contribution in [0.2, 0.25) is 0 Å². The lowest BCUT2D eigenvalue weighted by atomic mass is 10.1. The highest BCUT2D eigenvalue weighted by atomic mass is 19.1. The fraction of sp³-hybridized carbons (Fsp3) is 0.188. The summed E-state index contributed by atoms with van der Waals surface area (Å²) in [7, 11) is 0. The molecule has 21 heavy (non-hydrogen) atoms. The summed E-state index contributed by atoms with van der Waals surface area (Å²) >= 11 is 0. The van der Waals surface area contributed by atoms with E-state index in [1.807, 2.05) is 0 Å². The Balaban J connectivity index is 1.99. The minimum atomic E-state index is -1.10. The van der Waals surface area contributed by atoms with Gasteiger partial charge in [0.05, 0.1) is 12.5 Å². The predicted octanol–water partition coefficient (Wildman–Crippen LogP) is 3.34. The van der Waals surface area contributed by atoms with Crippen LogP contribution in [0.25, 0.3) is 0 Å². The van der Waals surface area contributed by atoms with Crippen molar-refractivity contribution in [3.8, 4) is 0 Å². The summed E-state index contributed by atoms with van der Waals surface area (Å²) in [6, 6.07) is 9.65. The van der Waals surface area contributed by atoms with E-state index in [0.29, 0.717) is 16.8 Å². The summed E-state index contributed by atoms with van der Waals surface area (Å²) in [5, 5.41) is 12.5. The average molecular weight is 291 g/mol. The molecule has 5 heteroatoms. The summed E-state index contributed by atoms with van der Waals surface area (Å²) in [5.74, 6) is -1.26. The highest BCUT2D eigenvalue weighted by Crippen LogP contribution is 2.19. The molecule has 2 N–H and O–H groups in total. The summed E-state index contributed by atoms with van der Waals surface area (Å²) < 4.78 is 26.2. The molecule has 1 amide bonds. The van der Waals surface area contributed by atoms with Crippen molar-refractivity contribution in [3.05, 3.63) is 65.2 Å². The highest BCUT2D eigenvalue weighted by molar-refractivity contribution is 5.91. The van der Waals surface area contributed by atoms with Gasteiger partial charge in [-0.15, -0.1) is 0 Å². The Morgan fingerprint density at radius 1 is 1.24 bits per heavy atom. The quantitative estimate of drug-likeness (QED) is 0.907. The lowest BCUT2D eigenvalue weighted by Crippen LogP contribution is -2.15. The van der Waals surface area contributed by atoms with E-state index in [-0.39, 0.29) is 12.2 Å². The minimum Gasteiger partial charge on any atom is -0.388 e. The second-order valence-corrected chi connectivity index (χ2v) is 4.79. The van der Waals surface area contributed by atoms with Gasteiger partial charge in [0.1, 0.15) is 11.6 Å². The van der Waals surface area contributed by atoms with Crippen LogP contribution >= 0.6 is 0 Å². The Labute approximate surface area is 121 Å². The first kappa shape index (κ1) is 15.1. The van der Waals surface area contributed by atoms with Gasteiger partial charge in [-0.3, -0.25) is 4.79 Å². The molecule has 1 atom stereocenters. The smallest absolute Gasteiger partial charge is 0.227 e. The largest absolute Gasteiger partial charge is 0.388 e. The molecule has 2 aromatic rings. The summed E-state index contributed by atoms with van der Waals surface area (Å²) in [6.45, 7) is 1.59. The molecule has 3 nitrogen and oxygen atoms in total. The van der Waals surface area contributed by atoms with Crippen molar-refractivity contribution in [2.24, 2.45) is 0 Å². The second kappa shape index (κ2) is 6.45. The first-order chi connectivity index (χ1) is 9.95. The Kier molecular flexibility index (Phi) is 4.65.